The lowest BCUT2D eigenvalue weighted by Gasteiger charge is -2.03. The number of nitrogens with zero attached hydrogens (tertiary/aromatic N) is 1. The van der Waals surface area contributed by atoms with Gasteiger partial charge in [-0.25, -0.2) is 19.0 Å². The molecule has 0 spiro atoms. The van der Waals surface area contributed by atoms with Gasteiger partial charge in [0.15, 0.2) is 5.00 Å². The summed E-state index contributed by atoms with van der Waals surface area (Å²) in [7, 11) is -3.80. The van der Waals surface area contributed by atoms with Crippen molar-refractivity contribution in [3.8, 4) is 0 Å². The van der Waals surface area contributed by atoms with Crippen molar-refractivity contribution < 1.29 is 18.1 Å². The third kappa shape index (κ3) is 4.11. The molecule has 0 radical (unpaired) electrons. The Hall–Kier alpha value is -1.27. The topological polar surface area (TPSA) is 137 Å². The van der Waals surface area contributed by atoms with Gasteiger partial charge in [-0.2, -0.15) is 0 Å². The van der Waals surface area contributed by atoms with Gasteiger partial charge in [-0.05, 0) is 6.92 Å². The zero-order valence-electron chi connectivity index (χ0n) is 10.1. The Balaban J connectivity index is 2.86. The zero-order chi connectivity index (χ0) is 14.5. The molecular formula is C8H14N4O5S2. The molecule has 0 bridgehead atoms. The van der Waals surface area contributed by atoms with Gasteiger partial charge < -0.3 is 10.2 Å². The van der Waals surface area contributed by atoms with E-state index in [0.29, 0.717) is 17.9 Å². The SMILES string of the molecule is CCOCCNS(=O)(=O)c1cc([N+](=O)[O-])c(NN)s1. The maximum absolute atomic E-state index is 11.9. The molecule has 0 saturated carbocycles. The van der Waals surface area contributed by atoms with Gasteiger partial charge in [-0.15, -0.1) is 0 Å². The number of nitro groups is 1. The third-order valence-corrected chi connectivity index (χ3v) is 5.02. The highest BCUT2D eigenvalue weighted by Crippen LogP contribution is 2.36. The lowest BCUT2D eigenvalue weighted by molar-refractivity contribution is -0.383. The molecule has 9 nitrogen and oxygen atoms in total. The van der Waals surface area contributed by atoms with Crippen LogP contribution in [0.3, 0.4) is 0 Å². The number of anilines is 1. The fourth-order valence-corrected chi connectivity index (χ4v) is 3.49. The smallest absolute Gasteiger partial charge is 0.306 e. The number of nitrogens with two attached hydrogens (primary N) is 1. The Labute approximate surface area is 113 Å². The number of hydrogen-bond acceptors (Lipinski definition) is 8. The molecule has 0 saturated heterocycles. The predicted octanol–water partition coefficient (Wildman–Crippen LogP) is 0.257. The van der Waals surface area contributed by atoms with E-state index in [0.717, 1.165) is 6.07 Å². The highest BCUT2D eigenvalue weighted by molar-refractivity contribution is 7.91. The zero-order valence-corrected chi connectivity index (χ0v) is 11.7. The molecular weight excluding hydrogens is 296 g/mol. The summed E-state index contributed by atoms with van der Waals surface area (Å²) in [6, 6.07) is 0.961. The van der Waals surface area contributed by atoms with Crippen molar-refractivity contribution in [1.29, 1.82) is 0 Å². The van der Waals surface area contributed by atoms with Crippen LogP contribution in [0.15, 0.2) is 10.3 Å². The Morgan fingerprint density at radius 2 is 2.26 bits per heavy atom. The van der Waals surface area contributed by atoms with Gasteiger partial charge in [0, 0.05) is 19.2 Å². The normalized spacial score (nSPS) is 11.5. The van der Waals surface area contributed by atoms with Crippen LogP contribution in [-0.2, 0) is 14.8 Å². The molecule has 4 N–H and O–H groups in total. The molecule has 0 aliphatic rings. The lowest BCUT2D eigenvalue weighted by Crippen LogP contribution is -2.26. The number of hydrazine groups is 1. The van der Waals surface area contributed by atoms with Crippen LogP contribution in [0.1, 0.15) is 6.92 Å². The predicted molar refractivity (Wildman–Crippen MR) is 70.5 cm³/mol. The molecule has 0 aromatic carbocycles. The fraction of sp³-hybridized carbons (Fsp3) is 0.500. The molecule has 0 atom stereocenters. The number of ether oxygens (including phenoxy) is 1. The lowest BCUT2D eigenvalue weighted by atomic mass is 10.5. The third-order valence-electron chi connectivity index (χ3n) is 2.03. The van der Waals surface area contributed by atoms with Gasteiger partial charge in [0.1, 0.15) is 4.21 Å². The quantitative estimate of drug-likeness (QED) is 0.271. The second-order valence-corrected chi connectivity index (χ2v) is 6.32. The first kappa shape index (κ1) is 15.8. The van der Waals surface area contributed by atoms with E-state index in [2.05, 4.69) is 10.1 Å². The highest BCUT2D eigenvalue weighted by Gasteiger charge is 2.25. The summed E-state index contributed by atoms with van der Waals surface area (Å²) in [6.45, 7) is 2.59. The Morgan fingerprint density at radius 3 is 2.74 bits per heavy atom. The first-order valence-corrected chi connectivity index (χ1v) is 7.54. The molecule has 0 aliphatic heterocycles. The summed E-state index contributed by atoms with van der Waals surface area (Å²) in [5.41, 5.74) is 1.73. The van der Waals surface area contributed by atoms with E-state index in [9.17, 15) is 18.5 Å². The molecule has 0 aliphatic carbocycles. The van der Waals surface area contributed by atoms with E-state index in [-0.39, 0.29) is 28.0 Å². The van der Waals surface area contributed by atoms with Crippen molar-refractivity contribution in [3.05, 3.63) is 16.2 Å². The molecule has 1 rings (SSSR count). The second-order valence-electron chi connectivity index (χ2n) is 3.28. The number of sulfonamides is 1. The van der Waals surface area contributed by atoms with Crippen LogP contribution in [-0.4, -0.2) is 33.1 Å². The molecule has 0 unspecified atom stereocenters. The number of thiophene rings is 1. The van der Waals surface area contributed by atoms with Gasteiger partial charge in [-0.1, -0.05) is 11.3 Å². The van der Waals surface area contributed by atoms with Crippen molar-refractivity contribution in [2.24, 2.45) is 5.84 Å². The average Bonchev–Trinajstić information content (AvgIpc) is 2.79. The molecule has 1 heterocycles. The molecule has 108 valence electrons. The molecule has 1 aromatic heterocycles. The van der Waals surface area contributed by atoms with Crippen LogP contribution in [0, 0.1) is 10.1 Å². The van der Waals surface area contributed by atoms with Gasteiger partial charge in [0.25, 0.3) is 0 Å². The largest absolute Gasteiger partial charge is 0.380 e. The Bertz CT molecular complexity index is 541. The van der Waals surface area contributed by atoms with Gasteiger partial charge in [-0.3, -0.25) is 10.1 Å². The molecule has 11 heteroatoms. The van der Waals surface area contributed by atoms with Crippen molar-refractivity contribution >= 4 is 32.0 Å². The van der Waals surface area contributed by atoms with Crippen molar-refractivity contribution in [2.45, 2.75) is 11.1 Å². The van der Waals surface area contributed by atoms with E-state index in [4.69, 9.17) is 10.6 Å². The average molecular weight is 310 g/mol. The fourth-order valence-electron chi connectivity index (χ4n) is 1.19. The number of hydrogen-bond donors (Lipinski definition) is 3. The minimum atomic E-state index is -3.80. The maximum Gasteiger partial charge on any atom is 0.306 e. The van der Waals surface area contributed by atoms with Gasteiger partial charge in [0.2, 0.25) is 10.0 Å². The first-order valence-electron chi connectivity index (χ1n) is 5.24. The van der Waals surface area contributed by atoms with Crippen LogP contribution >= 0.6 is 11.3 Å². The number of nitrogen functional groups attached to an aromatic ring is 1. The monoisotopic (exact) mass is 310 g/mol. The summed E-state index contributed by atoms with van der Waals surface area (Å²) in [6.07, 6.45) is 0. The van der Waals surface area contributed by atoms with E-state index in [1.54, 1.807) is 6.92 Å². The standard InChI is InChI=1S/C8H14N4O5S2/c1-2-17-4-3-10-19(15,16)7-5-6(12(13)14)8(11-9)18-7/h5,10-11H,2-4,9H2,1H3. The molecule has 1 aromatic rings. The Morgan fingerprint density at radius 1 is 1.58 bits per heavy atom. The Kier molecular flexibility index (Phi) is 5.62. The van der Waals surface area contributed by atoms with Crippen molar-refractivity contribution in [2.75, 3.05) is 25.2 Å². The maximum atomic E-state index is 11.9. The van der Waals surface area contributed by atoms with Gasteiger partial charge in [0.05, 0.1) is 11.5 Å². The summed E-state index contributed by atoms with van der Waals surface area (Å²) in [5, 5.41) is 10.7. The van der Waals surface area contributed by atoms with Crippen LogP contribution in [0.2, 0.25) is 0 Å². The van der Waals surface area contributed by atoms with E-state index < -0.39 is 14.9 Å². The van der Waals surface area contributed by atoms with Crippen molar-refractivity contribution in [3.63, 3.8) is 0 Å². The van der Waals surface area contributed by atoms with E-state index in [1.165, 1.54) is 0 Å². The minimum absolute atomic E-state index is 0.0183. The number of nitrogens with one attached hydrogen (secondary N) is 2. The van der Waals surface area contributed by atoms with E-state index >= 15 is 0 Å². The minimum Gasteiger partial charge on any atom is -0.380 e. The summed E-state index contributed by atoms with van der Waals surface area (Å²) in [4.78, 5) is 10.00. The van der Waals surface area contributed by atoms with Crippen LogP contribution in [0.5, 0.6) is 0 Å². The molecule has 0 amide bonds. The summed E-state index contributed by atoms with van der Waals surface area (Å²) >= 11 is 0.690. The van der Waals surface area contributed by atoms with Gasteiger partial charge >= 0.3 is 5.69 Å². The molecule has 0 fully saturated rings. The van der Waals surface area contributed by atoms with E-state index in [1.807, 2.05) is 0 Å². The highest BCUT2D eigenvalue weighted by atomic mass is 32.2. The first-order chi connectivity index (χ1) is 8.92. The molecule has 19 heavy (non-hydrogen) atoms. The summed E-state index contributed by atoms with van der Waals surface area (Å²) in [5.74, 6) is 5.11. The van der Waals surface area contributed by atoms with Crippen LogP contribution < -0.4 is 16.0 Å². The van der Waals surface area contributed by atoms with Crippen LogP contribution in [0.25, 0.3) is 0 Å². The number of rotatable bonds is 8. The van der Waals surface area contributed by atoms with Crippen molar-refractivity contribution in [1.82, 2.24) is 4.72 Å². The summed E-state index contributed by atoms with van der Waals surface area (Å²) < 4.78 is 30.8. The van der Waals surface area contributed by atoms with Crippen LogP contribution in [0.4, 0.5) is 10.7 Å². The second kappa shape index (κ2) is 6.77.